The number of aromatic nitrogens is 1. The van der Waals surface area contributed by atoms with Crippen LogP contribution in [0.2, 0.25) is 0 Å². The van der Waals surface area contributed by atoms with Crippen molar-refractivity contribution < 1.29 is 9.59 Å². The highest BCUT2D eigenvalue weighted by atomic mass is 16.2. The molecule has 0 saturated carbocycles. The van der Waals surface area contributed by atoms with Crippen molar-refractivity contribution in [2.45, 2.75) is 25.3 Å². The average molecular weight is 379 g/mol. The summed E-state index contributed by atoms with van der Waals surface area (Å²) in [7, 11) is 1.79. The summed E-state index contributed by atoms with van der Waals surface area (Å²) < 4.78 is 0. The maximum atomic E-state index is 13.0. The number of pyridine rings is 1. The number of benzene rings is 1. The normalized spacial score (nSPS) is 19.8. The van der Waals surface area contributed by atoms with Gasteiger partial charge in [0.1, 0.15) is 0 Å². The third-order valence-corrected chi connectivity index (χ3v) is 5.46. The monoisotopic (exact) mass is 379 g/mol. The van der Waals surface area contributed by atoms with Crippen molar-refractivity contribution in [3.05, 3.63) is 54.4 Å². The number of nitrogens with zero attached hydrogens (tertiary/aromatic N) is 4. The molecule has 2 fully saturated rings. The van der Waals surface area contributed by atoms with E-state index in [1.54, 1.807) is 23.0 Å². The molecule has 0 radical (unpaired) electrons. The highest BCUT2D eigenvalue weighted by Crippen LogP contribution is 2.31. The Morgan fingerprint density at radius 1 is 1.14 bits per heavy atom. The van der Waals surface area contributed by atoms with E-state index in [0.717, 1.165) is 37.1 Å². The molecule has 28 heavy (non-hydrogen) atoms. The Morgan fingerprint density at radius 2 is 2.04 bits per heavy atom. The van der Waals surface area contributed by atoms with Crippen LogP contribution in [0, 0.1) is 0 Å². The van der Waals surface area contributed by atoms with Crippen molar-refractivity contribution in [3.8, 4) is 0 Å². The van der Waals surface area contributed by atoms with Crippen molar-refractivity contribution >= 4 is 23.4 Å². The second kappa shape index (κ2) is 7.88. The van der Waals surface area contributed by atoms with Crippen LogP contribution in [-0.2, 0) is 0 Å². The van der Waals surface area contributed by atoms with E-state index < -0.39 is 0 Å². The van der Waals surface area contributed by atoms with Crippen LogP contribution >= 0.6 is 0 Å². The number of nitrogens with one attached hydrogen (secondary N) is 1. The van der Waals surface area contributed by atoms with Gasteiger partial charge >= 0.3 is 12.1 Å². The van der Waals surface area contributed by atoms with E-state index in [4.69, 9.17) is 0 Å². The SMILES string of the molecule is CN1CCN(c2cccc(NC(=O)N3CCCC[C@@H]3c3cccnc3)c2)C1=O. The van der Waals surface area contributed by atoms with Gasteiger partial charge in [0.05, 0.1) is 6.04 Å². The smallest absolute Gasteiger partial charge is 0.324 e. The Kier molecular flexibility index (Phi) is 5.14. The lowest BCUT2D eigenvalue weighted by atomic mass is 9.97. The summed E-state index contributed by atoms with van der Waals surface area (Å²) in [6, 6.07) is 11.3. The summed E-state index contributed by atoms with van der Waals surface area (Å²) >= 11 is 0. The molecule has 0 spiro atoms. The highest BCUT2D eigenvalue weighted by Gasteiger charge is 2.29. The second-order valence-corrected chi connectivity index (χ2v) is 7.33. The van der Waals surface area contributed by atoms with Crippen LogP contribution in [0.3, 0.4) is 0 Å². The minimum Gasteiger partial charge on any atom is -0.326 e. The zero-order valence-corrected chi connectivity index (χ0v) is 16.0. The van der Waals surface area contributed by atoms with Crippen molar-refractivity contribution in [3.63, 3.8) is 0 Å². The van der Waals surface area contributed by atoms with Gasteiger partial charge in [-0.2, -0.15) is 0 Å². The summed E-state index contributed by atoms with van der Waals surface area (Å²) in [4.78, 5) is 34.8. The molecule has 0 bridgehead atoms. The van der Waals surface area contributed by atoms with Crippen molar-refractivity contribution in [1.29, 1.82) is 0 Å². The molecule has 7 heteroatoms. The zero-order valence-electron chi connectivity index (χ0n) is 16.0. The van der Waals surface area contributed by atoms with Crippen LogP contribution < -0.4 is 10.2 Å². The number of anilines is 2. The molecule has 0 unspecified atom stereocenters. The number of hydrogen-bond acceptors (Lipinski definition) is 3. The maximum absolute atomic E-state index is 13.0. The Morgan fingerprint density at radius 3 is 2.79 bits per heavy atom. The third-order valence-electron chi connectivity index (χ3n) is 5.46. The van der Waals surface area contributed by atoms with E-state index in [9.17, 15) is 9.59 Å². The molecule has 2 aliphatic rings. The number of rotatable bonds is 3. The van der Waals surface area contributed by atoms with Gasteiger partial charge in [0.2, 0.25) is 0 Å². The van der Waals surface area contributed by atoms with E-state index in [-0.39, 0.29) is 18.1 Å². The minimum atomic E-state index is -0.115. The quantitative estimate of drug-likeness (QED) is 0.884. The van der Waals surface area contributed by atoms with Gasteiger partial charge in [0.15, 0.2) is 0 Å². The number of likely N-dealkylation sites (tertiary alicyclic amines) is 1. The van der Waals surface area contributed by atoms with Crippen LogP contribution in [0.1, 0.15) is 30.9 Å². The second-order valence-electron chi connectivity index (χ2n) is 7.33. The number of hydrogen-bond donors (Lipinski definition) is 1. The van der Waals surface area contributed by atoms with Gasteiger partial charge in [-0.3, -0.25) is 9.88 Å². The third kappa shape index (κ3) is 3.65. The van der Waals surface area contributed by atoms with Gasteiger partial charge in [-0.05, 0) is 49.1 Å². The number of piperidine rings is 1. The standard InChI is InChI=1S/C21H25N5O2/c1-24-12-13-25(21(24)28)18-8-4-7-17(14-18)23-20(27)26-11-3-2-9-19(26)16-6-5-10-22-15-16/h4-8,10,14-15,19H,2-3,9,11-13H2,1H3,(H,23,27)/t19-/m1/s1. The molecule has 4 amide bonds. The number of carbonyl (C=O) groups excluding carboxylic acids is 2. The number of amides is 4. The predicted molar refractivity (Wildman–Crippen MR) is 108 cm³/mol. The molecule has 1 aromatic heterocycles. The molecule has 0 aliphatic carbocycles. The first-order valence-corrected chi connectivity index (χ1v) is 9.74. The Bertz CT molecular complexity index is 857. The van der Waals surface area contributed by atoms with Gasteiger partial charge in [0.25, 0.3) is 0 Å². The van der Waals surface area contributed by atoms with E-state index in [0.29, 0.717) is 18.8 Å². The zero-order chi connectivity index (χ0) is 19.5. The van der Waals surface area contributed by atoms with Gasteiger partial charge in [0, 0.05) is 50.5 Å². The summed E-state index contributed by atoms with van der Waals surface area (Å²) in [5.74, 6) is 0. The Hall–Kier alpha value is -3.09. The Balaban J connectivity index is 1.50. The first-order valence-electron chi connectivity index (χ1n) is 9.74. The summed E-state index contributed by atoms with van der Waals surface area (Å²) in [5.41, 5.74) is 2.56. The predicted octanol–water partition coefficient (Wildman–Crippen LogP) is 3.71. The molecule has 2 aromatic rings. The molecule has 146 valence electrons. The number of urea groups is 2. The van der Waals surface area contributed by atoms with Crippen LogP contribution in [0.4, 0.5) is 21.0 Å². The molecule has 7 nitrogen and oxygen atoms in total. The fourth-order valence-corrected chi connectivity index (χ4v) is 3.93. The number of likely N-dealkylation sites (N-methyl/N-ethyl adjacent to an activating group) is 1. The van der Waals surface area contributed by atoms with Crippen molar-refractivity contribution in [2.75, 3.05) is 36.9 Å². The van der Waals surface area contributed by atoms with Gasteiger partial charge in [-0.25, -0.2) is 9.59 Å². The lowest BCUT2D eigenvalue weighted by Crippen LogP contribution is -2.41. The van der Waals surface area contributed by atoms with Crippen molar-refractivity contribution in [2.24, 2.45) is 0 Å². The highest BCUT2D eigenvalue weighted by molar-refractivity contribution is 5.95. The maximum Gasteiger partial charge on any atom is 0.324 e. The van der Waals surface area contributed by atoms with E-state index in [1.807, 2.05) is 47.5 Å². The van der Waals surface area contributed by atoms with Crippen LogP contribution in [-0.4, -0.2) is 53.5 Å². The van der Waals surface area contributed by atoms with E-state index in [2.05, 4.69) is 10.3 Å². The van der Waals surface area contributed by atoms with Gasteiger partial charge in [-0.15, -0.1) is 0 Å². The lowest BCUT2D eigenvalue weighted by Gasteiger charge is -2.35. The summed E-state index contributed by atoms with van der Waals surface area (Å²) in [6.07, 6.45) is 6.63. The van der Waals surface area contributed by atoms with E-state index in [1.165, 1.54) is 0 Å². The van der Waals surface area contributed by atoms with Gasteiger partial charge in [-0.1, -0.05) is 12.1 Å². The molecule has 1 N–H and O–H groups in total. The molecular weight excluding hydrogens is 354 g/mol. The molecule has 2 aliphatic heterocycles. The summed E-state index contributed by atoms with van der Waals surface area (Å²) in [5, 5.41) is 3.02. The first kappa shape index (κ1) is 18.3. The topological polar surface area (TPSA) is 68.8 Å². The average Bonchev–Trinajstić information content (AvgIpc) is 3.07. The molecular formula is C21H25N5O2. The Labute approximate surface area is 164 Å². The molecule has 4 rings (SSSR count). The fraction of sp³-hybridized carbons (Fsp3) is 0.381. The molecule has 1 atom stereocenters. The largest absolute Gasteiger partial charge is 0.326 e. The van der Waals surface area contributed by atoms with Crippen LogP contribution in [0.5, 0.6) is 0 Å². The van der Waals surface area contributed by atoms with E-state index >= 15 is 0 Å². The minimum absolute atomic E-state index is 0.0175. The number of carbonyl (C=O) groups is 2. The first-order chi connectivity index (χ1) is 13.6. The lowest BCUT2D eigenvalue weighted by molar-refractivity contribution is 0.163. The van der Waals surface area contributed by atoms with Crippen molar-refractivity contribution in [1.82, 2.24) is 14.8 Å². The molecule has 1 aromatic carbocycles. The van der Waals surface area contributed by atoms with Gasteiger partial charge < -0.3 is 15.1 Å². The van der Waals surface area contributed by atoms with Crippen LogP contribution in [0.25, 0.3) is 0 Å². The fourth-order valence-electron chi connectivity index (χ4n) is 3.93. The molecule has 2 saturated heterocycles. The van der Waals surface area contributed by atoms with Crippen LogP contribution in [0.15, 0.2) is 48.8 Å². The summed E-state index contributed by atoms with van der Waals surface area (Å²) in [6.45, 7) is 2.08. The molecule has 3 heterocycles.